The molecule has 1 aromatic carbocycles. The number of methoxy groups -OCH3 is 1. The van der Waals surface area contributed by atoms with Gasteiger partial charge in [-0.2, -0.15) is 5.10 Å². The van der Waals surface area contributed by atoms with E-state index in [1.54, 1.807) is 44.2 Å². The Bertz CT molecular complexity index is 1080. The molecule has 11 nitrogen and oxygen atoms in total. The standard InChI is InChI=1S/C22H24N4O7/c1-4-31-21(28)19-13(2)24-22(29)25-20(19)14-7-8-16(17(10-14)30-3)33-12-18(27)26-23-11-15-6-5-9-32-15/h5-11,20H,4,12H2,1-3H3,(H,26,27)(H2,24,25,29)/b23-11-/t20-/m0/s1. The van der Waals surface area contributed by atoms with Crippen LogP contribution in [-0.2, 0) is 14.3 Å². The van der Waals surface area contributed by atoms with Crippen LogP contribution in [0.2, 0.25) is 0 Å². The number of allylic oxidation sites excluding steroid dienone is 1. The molecule has 2 heterocycles. The molecule has 1 aliphatic rings. The first-order chi connectivity index (χ1) is 15.9. The van der Waals surface area contributed by atoms with E-state index in [2.05, 4.69) is 21.2 Å². The van der Waals surface area contributed by atoms with Crippen molar-refractivity contribution < 1.29 is 33.0 Å². The number of ether oxygens (including phenoxy) is 3. The van der Waals surface area contributed by atoms with Crippen LogP contribution >= 0.6 is 0 Å². The summed E-state index contributed by atoms with van der Waals surface area (Å²) in [6.07, 6.45) is 2.85. The van der Waals surface area contributed by atoms with Crippen LogP contribution in [0.5, 0.6) is 11.5 Å². The van der Waals surface area contributed by atoms with Crippen LogP contribution in [0.4, 0.5) is 4.79 Å². The minimum absolute atomic E-state index is 0.194. The van der Waals surface area contributed by atoms with Crippen LogP contribution in [-0.4, -0.2) is 44.4 Å². The number of hydrogen-bond acceptors (Lipinski definition) is 8. The summed E-state index contributed by atoms with van der Waals surface area (Å²) >= 11 is 0. The van der Waals surface area contributed by atoms with Gasteiger partial charge < -0.3 is 29.3 Å². The van der Waals surface area contributed by atoms with E-state index < -0.39 is 23.9 Å². The van der Waals surface area contributed by atoms with Crippen LogP contribution in [0.3, 0.4) is 0 Å². The Morgan fingerprint density at radius 3 is 2.79 bits per heavy atom. The monoisotopic (exact) mass is 456 g/mol. The molecule has 33 heavy (non-hydrogen) atoms. The normalized spacial score (nSPS) is 15.6. The summed E-state index contributed by atoms with van der Waals surface area (Å²) in [4.78, 5) is 36.5. The number of hydrogen-bond donors (Lipinski definition) is 3. The van der Waals surface area contributed by atoms with Gasteiger partial charge in [0.1, 0.15) is 5.76 Å². The van der Waals surface area contributed by atoms with E-state index in [-0.39, 0.29) is 18.8 Å². The number of benzene rings is 1. The molecule has 3 amide bonds. The fourth-order valence-corrected chi connectivity index (χ4v) is 3.11. The predicted octanol–water partition coefficient (Wildman–Crippen LogP) is 2.01. The van der Waals surface area contributed by atoms with Gasteiger partial charge in [0.25, 0.3) is 5.91 Å². The van der Waals surface area contributed by atoms with Crippen LogP contribution < -0.4 is 25.5 Å². The Hall–Kier alpha value is -4.28. The van der Waals surface area contributed by atoms with Crippen LogP contribution in [0.1, 0.15) is 31.2 Å². The van der Waals surface area contributed by atoms with Crippen LogP contribution in [0.25, 0.3) is 0 Å². The number of carbonyl (C=O) groups excluding carboxylic acids is 3. The van der Waals surface area contributed by atoms with Gasteiger partial charge in [-0.15, -0.1) is 0 Å². The number of rotatable bonds is 9. The number of urea groups is 1. The molecular formula is C22H24N4O7. The highest BCUT2D eigenvalue weighted by atomic mass is 16.5. The van der Waals surface area contributed by atoms with Crippen molar-refractivity contribution >= 4 is 24.1 Å². The first-order valence-corrected chi connectivity index (χ1v) is 10.0. The number of furan rings is 1. The topological polar surface area (TPSA) is 140 Å². The molecule has 1 atom stereocenters. The Balaban J connectivity index is 1.72. The Morgan fingerprint density at radius 1 is 1.27 bits per heavy atom. The quantitative estimate of drug-likeness (QED) is 0.298. The SMILES string of the molecule is CCOC(=O)C1=C(C)NC(=O)N[C@H]1c1ccc(OCC(=O)N/N=C\c2ccco2)c(OC)c1. The largest absolute Gasteiger partial charge is 0.493 e. The fraction of sp³-hybridized carbons (Fsp3) is 0.273. The molecule has 0 radical (unpaired) electrons. The van der Waals surface area contributed by atoms with E-state index in [9.17, 15) is 14.4 Å². The molecule has 0 spiro atoms. The van der Waals surface area contributed by atoms with E-state index in [1.807, 2.05) is 0 Å². The lowest BCUT2D eigenvalue weighted by atomic mass is 9.95. The minimum Gasteiger partial charge on any atom is -0.493 e. The molecule has 0 saturated carbocycles. The zero-order valence-corrected chi connectivity index (χ0v) is 18.3. The molecule has 1 aromatic heterocycles. The van der Waals surface area contributed by atoms with E-state index in [0.29, 0.717) is 28.5 Å². The number of amides is 3. The summed E-state index contributed by atoms with van der Waals surface area (Å²) in [5.41, 5.74) is 3.57. The van der Waals surface area contributed by atoms with Gasteiger partial charge in [0.2, 0.25) is 0 Å². The third-order valence-electron chi connectivity index (χ3n) is 4.57. The van der Waals surface area contributed by atoms with Gasteiger partial charge in [0.15, 0.2) is 18.1 Å². The summed E-state index contributed by atoms with van der Waals surface area (Å²) in [6, 6.07) is 7.05. The van der Waals surface area contributed by atoms with E-state index >= 15 is 0 Å². The molecule has 0 saturated heterocycles. The molecule has 1 aliphatic heterocycles. The second-order valence-corrected chi connectivity index (χ2v) is 6.80. The van der Waals surface area contributed by atoms with Crippen molar-refractivity contribution in [2.24, 2.45) is 5.10 Å². The maximum Gasteiger partial charge on any atom is 0.338 e. The number of carbonyl (C=O) groups is 3. The molecule has 3 N–H and O–H groups in total. The first-order valence-electron chi connectivity index (χ1n) is 10.0. The van der Waals surface area contributed by atoms with Gasteiger partial charge in [-0.05, 0) is 43.7 Å². The van der Waals surface area contributed by atoms with Crippen LogP contribution in [0.15, 0.2) is 57.4 Å². The lowest BCUT2D eigenvalue weighted by Crippen LogP contribution is -2.45. The Labute approximate surface area is 189 Å². The lowest BCUT2D eigenvalue weighted by molar-refractivity contribution is -0.139. The maximum absolute atomic E-state index is 12.5. The molecule has 0 fully saturated rings. The van der Waals surface area contributed by atoms with Crippen molar-refractivity contribution in [2.75, 3.05) is 20.3 Å². The van der Waals surface area contributed by atoms with E-state index in [4.69, 9.17) is 18.6 Å². The average Bonchev–Trinajstić information content (AvgIpc) is 3.30. The molecule has 174 valence electrons. The van der Waals surface area contributed by atoms with Gasteiger partial charge in [0, 0.05) is 5.70 Å². The number of nitrogens with one attached hydrogen (secondary N) is 3. The third-order valence-corrected chi connectivity index (χ3v) is 4.57. The predicted molar refractivity (Wildman–Crippen MR) is 117 cm³/mol. The fourth-order valence-electron chi connectivity index (χ4n) is 3.11. The van der Waals surface area contributed by atoms with Gasteiger partial charge >= 0.3 is 12.0 Å². The number of hydrazone groups is 1. The highest BCUT2D eigenvalue weighted by Gasteiger charge is 2.32. The van der Waals surface area contributed by atoms with Crippen molar-refractivity contribution in [3.63, 3.8) is 0 Å². The summed E-state index contributed by atoms with van der Waals surface area (Å²) in [6.45, 7) is 3.20. The maximum atomic E-state index is 12.5. The van der Waals surface area contributed by atoms with Crippen LogP contribution in [0, 0.1) is 0 Å². The average molecular weight is 456 g/mol. The highest BCUT2D eigenvalue weighted by Crippen LogP contribution is 2.34. The van der Waals surface area contributed by atoms with Crippen molar-refractivity contribution in [2.45, 2.75) is 19.9 Å². The molecular weight excluding hydrogens is 432 g/mol. The summed E-state index contributed by atoms with van der Waals surface area (Å²) in [7, 11) is 1.44. The number of esters is 1. The second kappa shape index (κ2) is 10.8. The summed E-state index contributed by atoms with van der Waals surface area (Å²) in [5, 5.41) is 9.07. The van der Waals surface area contributed by atoms with E-state index in [1.165, 1.54) is 19.6 Å². The lowest BCUT2D eigenvalue weighted by Gasteiger charge is -2.28. The van der Waals surface area contributed by atoms with Gasteiger partial charge in [-0.25, -0.2) is 15.0 Å². The zero-order chi connectivity index (χ0) is 23.8. The molecule has 0 unspecified atom stereocenters. The van der Waals surface area contributed by atoms with Crippen molar-refractivity contribution in [3.05, 3.63) is 59.2 Å². The molecule has 2 aromatic rings. The Kier molecular flexibility index (Phi) is 7.68. The van der Waals surface area contributed by atoms with Crippen molar-refractivity contribution in [1.82, 2.24) is 16.1 Å². The number of nitrogens with zero attached hydrogens (tertiary/aromatic N) is 1. The Morgan fingerprint density at radius 2 is 2.09 bits per heavy atom. The molecule has 3 rings (SSSR count). The van der Waals surface area contributed by atoms with E-state index in [0.717, 1.165) is 0 Å². The van der Waals surface area contributed by atoms with Crippen molar-refractivity contribution in [3.8, 4) is 11.5 Å². The van der Waals surface area contributed by atoms with Gasteiger partial charge in [-0.3, -0.25) is 4.79 Å². The molecule has 11 heteroatoms. The molecule has 0 aliphatic carbocycles. The smallest absolute Gasteiger partial charge is 0.338 e. The summed E-state index contributed by atoms with van der Waals surface area (Å²) in [5.74, 6) is 0.0688. The molecule has 0 bridgehead atoms. The summed E-state index contributed by atoms with van der Waals surface area (Å²) < 4.78 is 21.1. The van der Waals surface area contributed by atoms with Gasteiger partial charge in [-0.1, -0.05) is 6.07 Å². The van der Waals surface area contributed by atoms with Gasteiger partial charge in [0.05, 0.1) is 37.8 Å². The zero-order valence-electron chi connectivity index (χ0n) is 18.3. The third kappa shape index (κ3) is 5.91. The minimum atomic E-state index is -0.750. The van der Waals surface area contributed by atoms with Crippen molar-refractivity contribution in [1.29, 1.82) is 0 Å². The first kappa shape index (κ1) is 23.4. The highest BCUT2D eigenvalue weighted by molar-refractivity contribution is 5.95. The second-order valence-electron chi connectivity index (χ2n) is 6.80.